The van der Waals surface area contributed by atoms with Gasteiger partial charge in [0.2, 0.25) is 0 Å². The molecule has 0 N–H and O–H groups in total. The van der Waals surface area contributed by atoms with E-state index in [9.17, 15) is 0 Å². The first kappa shape index (κ1) is 12.3. The zero-order valence-electron chi connectivity index (χ0n) is 8.12. The van der Waals surface area contributed by atoms with E-state index in [0.29, 0.717) is 0 Å². The number of hydrogen-bond acceptors (Lipinski definition) is 0. The topological polar surface area (TPSA) is 0 Å². The summed E-state index contributed by atoms with van der Waals surface area (Å²) < 4.78 is 1.37. The van der Waals surface area contributed by atoms with Crippen LogP contribution in [-0.4, -0.2) is 17.7 Å². The van der Waals surface area contributed by atoms with Gasteiger partial charge < -0.3 is 0 Å². The fourth-order valence-corrected chi connectivity index (χ4v) is 10.9. The summed E-state index contributed by atoms with van der Waals surface area (Å²) in [5, 5.41) is 6.25. The van der Waals surface area contributed by atoms with Gasteiger partial charge in [-0.3, -0.25) is 0 Å². The molecular formula is C9H21GeI. The van der Waals surface area contributed by atoms with Crippen LogP contribution in [0.1, 0.15) is 27.2 Å². The summed E-state index contributed by atoms with van der Waals surface area (Å²) in [6.45, 7) is 7.25. The van der Waals surface area contributed by atoms with E-state index in [1.807, 2.05) is 0 Å². The molecule has 0 radical (unpaired) electrons. The zero-order chi connectivity index (χ0) is 8.74. The van der Waals surface area contributed by atoms with Crippen LogP contribution in [0.5, 0.6) is 0 Å². The molecule has 0 bridgehead atoms. The summed E-state index contributed by atoms with van der Waals surface area (Å²) in [5.41, 5.74) is 0. The second-order valence-corrected chi connectivity index (χ2v) is 16.2. The molecule has 0 rings (SSSR count). The van der Waals surface area contributed by atoms with Crippen LogP contribution in [0.3, 0.4) is 0 Å². The quantitative estimate of drug-likeness (QED) is 0.387. The molecule has 0 heterocycles. The van der Waals surface area contributed by atoms with Crippen molar-refractivity contribution in [2.75, 3.05) is 4.43 Å². The van der Waals surface area contributed by atoms with Crippen LogP contribution in [0.15, 0.2) is 0 Å². The molecular weight excluding hydrogens is 308 g/mol. The van der Waals surface area contributed by atoms with Gasteiger partial charge in [-0.1, -0.05) is 0 Å². The molecule has 0 aliphatic carbocycles. The Morgan fingerprint density at radius 3 is 1.73 bits per heavy atom. The minimum absolute atomic E-state index is 1.24. The van der Waals surface area contributed by atoms with Crippen molar-refractivity contribution in [2.24, 2.45) is 0 Å². The van der Waals surface area contributed by atoms with Crippen molar-refractivity contribution in [3.05, 3.63) is 0 Å². The van der Waals surface area contributed by atoms with Crippen LogP contribution in [0.25, 0.3) is 0 Å². The van der Waals surface area contributed by atoms with Crippen LogP contribution in [-0.2, 0) is 0 Å². The third-order valence-corrected chi connectivity index (χ3v) is 16.3. The van der Waals surface area contributed by atoms with Gasteiger partial charge in [0, 0.05) is 0 Å². The van der Waals surface area contributed by atoms with Crippen LogP contribution in [0, 0.1) is 0 Å². The van der Waals surface area contributed by atoms with Gasteiger partial charge >= 0.3 is 88.5 Å². The molecule has 0 saturated carbocycles. The van der Waals surface area contributed by atoms with Gasteiger partial charge in [0.25, 0.3) is 0 Å². The number of hydrogen-bond donors (Lipinski definition) is 0. The predicted molar refractivity (Wildman–Crippen MR) is 65.5 cm³/mol. The van der Waals surface area contributed by atoms with E-state index in [-0.39, 0.29) is 0 Å². The van der Waals surface area contributed by atoms with Crippen LogP contribution < -0.4 is 0 Å². The SMILES string of the molecule is C[CH2][Ge]([CH2]C)([CH2]C)[CH2]CCI. The van der Waals surface area contributed by atoms with E-state index < -0.39 is 13.3 Å². The van der Waals surface area contributed by atoms with Gasteiger partial charge in [-0.2, -0.15) is 0 Å². The van der Waals surface area contributed by atoms with Crippen molar-refractivity contribution in [3.8, 4) is 0 Å². The maximum absolute atomic E-state index is 2.51. The molecule has 2 heteroatoms. The molecule has 0 fully saturated rings. The second-order valence-electron chi connectivity index (χ2n) is 3.35. The second kappa shape index (κ2) is 6.75. The maximum atomic E-state index is 2.51. The molecule has 0 aliphatic rings. The van der Waals surface area contributed by atoms with Crippen molar-refractivity contribution in [3.63, 3.8) is 0 Å². The molecule has 68 valence electrons. The van der Waals surface area contributed by atoms with Gasteiger partial charge in [0.15, 0.2) is 0 Å². The van der Waals surface area contributed by atoms with Crippen molar-refractivity contribution < 1.29 is 0 Å². The van der Waals surface area contributed by atoms with E-state index in [0.717, 1.165) is 0 Å². The first-order valence-corrected chi connectivity index (χ1v) is 12.3. The summed E-state index contributed by atoms with van der Waals surface area (Å²) in [6, 6.07) is 0. The fourth-order valence-electron chi connectivity index (χ4n) is 1.72. The van der Waals surface area contributed by atoms with Crippen molar-refractivity contribution in [1.29, 1.82) is 0 Å². The Hall–Kier alpha value is 1.27. The van der Waals surface area contributed by atoms with Crippen molar-refractivity contribution >= 4 is 35.9 Å². The predicted octanol–water partition coefficient (Wildman–Crippen LogP) is 4.32. The summed E-state index contributed by atoms with van der Waals surface area (Å²) >= 11 is 1.27. The normalized spacial score (nSPS) is 12.0. The molecule has 0 atom stereocenters. The average Bonchev–Trinajstić information content (AvgIpc) is 2.08. The standard InChI is InChI=1S/C9H21GeI/c1-4-10(5-2,6-3)8-7-9-11/h4-9H2,1-3H3. The summed E-state index contributed by atoms with van der Waals surface area (Å²) in [5.74, 6) is 0. The minimum atomic E-state index is -1.24. The van der Waals surface area contributed by atoms with E-state index >= 15 is 0 Å². The molecule has 0 spiro atoms. The van der Waals surface area contributed by atoms with Gasteiger partial charge in [-0.15, -0.1) is 0 Å². The Morgan fingerprint density at radius 2 is 1.45 bits per heavy atom. The molecule has 0 unspecified atom stereocenters. The molecule has 0 amide bonds. The Morgan fingerprint density at radius 1 is 1.00 bits per heavy atom. The van der Waals surface area contributed by atoms with Crippen LogP contribution in [0.4, 0.5) is 0 Å². The van der Waals surface area contributed by atoms with Crippen molar-refractivity contribution in [1.82, 2.24) is 0 Å². The average molecular weight is 329 g/mol. The monoisotopic (exact) mass is 330 g/mol. The van der Waals surface area contributed by atoms with Crippen LogP contribution in [0.2, 0.25) is 21.0 Å². The number of halogens is 1. The van der Waals surface area contributed by atoms with E-state index in [2.05, 4.69) is 43.4 Å². The first-order valence-electron chi connectivity index (χ1n) is 4.80. The first-order chi connectivity index (χ1) is 5.24. The molecule has 0 aromatic heterocycles. The third kappa shape index (κ3) is 4.16. The molecule has 0 aromatic carbocycles. The van der Waals surface area contributed by atoms with Crippen LogP contribution >= 0.6 is 22.6 Å². The summed E-state index contributed by atoms with van der Waals surface area (Å²) in [7, 11) is 0. The third-order valence-electron chi connectivity index (χ3n) is 3.09. The Labute approximate surface area is 88.0 Å². The fraction of sp³-hybridized carbons (Fsp3) is 1.00. The van der Waals surface area contributed by atoms with E-state index in [1.165, 1.54) is 10.8 Å². The van der Waals surface area contributed by atoms with Gasteiger partial charge in [0.1, 0.15) is 0 Å². The van der Waals surface area contributed by atoms with E-state index in [1.54, 1.807) is 21.0 Å². The molecule has 11 heavy (non-hydrogen) atoms. The molecule has 0 aliphatic heterocycles. The van der Waals surface area contributed by atoms with Crippen molar-refractivity contribution in [2.45, 2.75) is 48.2 Å². The van der Waals surface area contributed by atoms with E-state index in [4.69, 9.17) is 0 Å². The Kier molecular flexibility index (Phi) is 7.53. The summed E-state index contributed by atoms with van der Waals surface area (Å²) in [4.78, 5) is 0. The molecule has 0 aromatic rings. The Balaban J connectivity index is 3.84. The Bertz CT molecular complexity index is 81.3. The zero-order valence-corrected chi connectivity index (χ0v) is 12.4. The summed E-state index contributed by atoms with van der Waals surface area (Å²) in [6.07, 6.45) is 1.48. The van der Waals surface area contributed by atoms with Gasteiger partial charge in [0.05, 0.1) is 0 Å². The molecule has 0 saturated heterocycles. The number of alkyl halides is 1. The van der Waals surface area contributed by atoms with Gasteiger partial charge in [-0.25, -0.2) is 0 Å². The molecule has 0 nitrogen and oxygen atoms in total. The number of rotatable bonds is 6. The van der Waals surface area contributed by atoms with Gasteiger partial charge in [-0.05, 0) is 0 Å².